The van der Waals surface area contributed by atoms with Crippen LogP contribution in [0.5, 0.6) is 0 Å². The van der Waals surface area contributed by atoms with Gasteiger partial charge in [0.15, 0.2) is 0 Å². The summed E-state index contributed by atoms with van der Waals surface area (Å²) in [5.74, 6) is -2.90. The summed E-state index contributed by atoms with van der Waals surface area (Å²) < 4.78 is 0. The maximum absolute atomic E-state index is 12.8. The second-order valence-corrected chi connectivity index (χ2v) is 9.06. The maximum Gasteiger partial charge on any atom is 0.243 e. The Balaban J connectivity index is 2.11. The van der Waals surface area contributed by atoms with Gasteiger partial charge in [-0.15, -0.1) is 0 Å². The fraction of sp³-hybridized carbons (Fsp3) is 0.538. The highest BCUT2D eigenvalue weighted by atomic mass is 16.2. The first-order chi connectivity index (χ1) is 18.3. The molecule has 1 saturated heterocycles. The summed E-state index contributed by atoms with van der Waals surface area (Å²) in [4.78, 5) is 74.9. The predicted octanol–water partition coefficient (Wildman–Crippen LogP) is -0.962. The Bertz CT molecular complexity index is 970. The van der Waals surface area contributed by atoms with Crippen LogP contribution in [-0.2, 0) is 35.2 Å². The zero-order chi connectivity index (χ0) is 27.8. The largest absolute Gasteiger partial charge is 0.354 e. The summed E-state index contributed by atoms with van der Waals surface area (Å²) >= 11 is 0. The topological polar surface area (TPSA) is 175 Å². The molecule has 2 rings (SSSR count). The lowest BCUT2D eigenvalue weighted by Crippen LogP contribution is -2.54. The zero-order valence-electron chi connectivity index (χ0n) is 21.8. The SMILES string of the molecule is CCCCCC(=O)N[C@H]1CCC(=O)NCCNC(=O)CNC(=O)[C@@H](Cc2ccccc2)NC(=O)CNC1=O. The molecular formula is C26H38N6O6. The minimum Gasteiger partial charge on any atom is -0.354 e. The second kappa shape index (κ2) is 16.7. The Hall–Kier alpha value is -3.96. The monoisotopic (exact) mass is 530 g/mol. The summed E-state index contributed by atoms with van der Waals surface area (Å²) in [6, 6.07) is 7.06. The van der Waals surface area contributed by atoms with Gasteiger partial charge in [-0.1, -0.05) is 50.1 Å². The summed E-state index contributed by atoms with van der Waals surface area (Å²) in [7, 11) is 0. The molecule has 0 bridgehead atoms. The van der Waals surface area contributed by atoms with Crippen molar-refractivity contribution in [2.75, 3.05) is 26.2 Å². The number of benzene rings is 1. The van der Waals surface area contributed by atoms with E-state index < -0.39 is 42.3 Å². The molecule has 0 radical (unpaired) electrons. The van der Waals surface area contributed by atoms with Crippen LogP contribution in [0, 0.1) is 0 Å². The van der Waals surface area contributed by atoms with Gasteiger partial charge in [0.05, 0.1) is 13.1 Å². The Morgan fingerprint density at radius 2 is 1.50 bits per heavy atom. The Kier molecular flexibility index (Phi) is 13.3. The molecule has 1 fully saturated rings. The van der Waals surface area contributed by atoms with Crippen molar-refractivity contribution in [1.82, 2.24) is 31.9 Å². The van der Waals surface area contributed by atoms with Gasteiger partial charge in [-0.2, -0.15) is 0 Å². The number of nitrogens with one attached hydrogen (secondary N) is 6. The van der Waals surface area contributed by atoms with Crippen LogP contribution < -0.4 is 31.9 Å². The molecule has 2 atom stereocenters. The van der Waals surface area contributed by atoms with Crippen LogP contribution in [-0.4, -0.2) is 73.7 Å². The van der Waals surface area contributed by atoms with Gasteiger partial charge in [-0.05, 0) is 18.4 Å². The van der Waals surface area contributed by atoms with Crippen molar-refractivity contribution in [3.8, 4) is 0 Å². The molecule has 1 heterocycles. The van der Waals surface area contributed by atoms with Crippen molar-refractivity contribution in [1.29, 1.82) is 0 Å². The third-order valence-electron chi connectivity index (χ3n) is 5.87. The summed E-state index contributed by atoms with van der Waals surface area (Å²) in [6.07, 6.45) is 2.91. The van der Waals surface area contributed by atoms with Gasteiger partial charge in [-0.25, -0.2) is 0 Å². The molecule has 1 aliphatic rings. The Morgan fingerprint density at radius 3 is 2.21 bits per heavy atom. The van der Waals surface area contributed by atoms with E-state index >= 15 is 0 Å². The van der Waals surface area contributed by atoms with E-state index in [1.165, 1.54) is 0 Å². The molecule has 1 aromatic rings. The fourth-order valence-corrected chi connectivity index (χ4v) is 3.79. The van der Waals surface area contributed by atoms with Gasteiger partial charge in [-0.3, -0.25) is 28.8 Å². The number of carbonyl (C=O) groups excluding carboxylic acids is 6. The van der Waals surface area contributed by atoms with Gasteiger partial charge in [0.2, 0.25) is 35.4 Å². The Morgan fingerprint density at radius 1 is 0.842 bits per heavy atom. The minimum atomic E-state index is -1.01. The van der Waals surface area contributed by atoms with Gasteiger partial charge >= 0.3 is 0 Å². The smallest absolute Gasteiger partial charge is 0.243 e. The van der Waals surface area contributed by atoms with Crippen LogP contribution in [0.1, 0.15) is 51.0 Å². The molecule has 6 amide bonds. The van der Waals surface area contributed by atoms with E-state index in [2.05, 4.69) is 31.9 Å². The molecule has 12 heteroatoms. The maximum atomic E-state index is 12.8. The van der Waals surface area contributed by atoms with Gasteiger partial charge in [0, 0.05) is 32.4 Å². The van der Waals surface area contributed by atoms with Crippen LogP contribution in [0.25, 0.3) is 0 Å². The molecule has 0 aromatic heterocycles. The van der Waals surface area contributed by atoms with Crippen molar-refractivity contribution >= 4 is 35.4 Å². The molecule has 0 aliphatic carbocycles. The van der Waals surface area contributed by atoms with Crippen molar-refractivity contribution in [2.45, 2.75) is 64.0 Å². The van der Waals surface area contributed by atoms with Crippen LogP contribution >= 0.6 is 0 Å². The first-order valence-corrected chi connectivity index (χ1v) is 13.0. The molecule has 38 heavy (non-hydrogen) atoms. The van der Waals surface area contributed by atoms with E-state index in [0.717, 1.165) is 18.4 Å². The molecule has 6 N–H and O–H groups in total. The number of unbranched alkanes of at least 4 members (excludes halogenated alkanes) is 2. The van der Waals surface area contributed by atoms with Gasteiger partial charge in [0.1, 0.15) is 12.1 Å². The summed E-state index contributed by atoms with van der Waals surface area (Å²) in [5.41, 5.74) is 0.796. The molecule has 0 unspecified atom stereocenters. The van der Waals surface area contributed by atoms with E-state index in [4.69, 9.17) is 0 Å². The van der Waals surface area contributed by atoms with Crippen molar-refractivity contribution in [3.05, 3.63) is 35.9 Å². The Labute approximate surface area is 222 Å². The first-order valence-electron chi connectivity index (χ1n) is 13.0. The quantitative estimate of drug-likeness (QED) is 0.248. The lowest BCUT2D eigenvalue weighted by Gasteiger charge is -2.21. The highest BCUT2D eigenvalue weighted by molar-refractivity contribution is 5.93. The fourth-order valence-electron chi connectivity index (χ4n) is 3.79. The molecule has 12 nitrogen and oxygen atoms in total. The number of hydrogen-bond donors (Lipinski definition) is 6. The summed E-state index contributed by atoms with van der Waals surface area (Å²) in [6.45, 7) is 1.57. The summed E-state index contributed by atoms with van der Waals surface area (Å²) in [5, 5.41) is 15.5. The van der Waals surface area contributed by atoms with Crippen LogP contribution in [0.15, 0.2) is 30.3 Å². The van der Waals surface area contributed by atoms with Crippen molar-refractivity contribution in [3.63, 3.8) is 0 Å². The number of carbonyl (C=O) groups is 6. The zero-order valence-corrected chi connectivity index (χ0v) is 21.8. The highest BCUT2D eigenvalue weighted by Crippen LogP contribution is 2.05. The second-order valence-electron chi connectivity index (χ2n) is 9.06. The third-order valence-corrected chi connectivity index (χ3v) is 5.87. The highest BCUT2D eigenvalue weighted by Gasteiger charge is 2.25. The first kappa shape index (κ1) is 30.3. The number of hydrogen-bond acceptors (Lipinski definition) is 6. The number of amides is 6. The van der Waals surface area contributed by atoms with E-state index in [1.54, 1.807) is 12.1 Å². The molecular weight excluding hydrogens is 492 g/mol. The van der Waals surface area contributed by atoms with Crippen LogP contribution in [0.2, 0.25) is 0 Å². The average Bonchev–Trinajstić information content (AvgIpc) is 2.90. The normalized spacial score (nSPS) is 20.5. The lowest BCUT2D eigenvalue weighted by atomic mass is 10.1. The van der Waals surface area contributed by atoms with Gasteiger partial charge in [0.25, 0.3) is 0 Å². The van der Waals surface area contributed by atoms with Crippen LogP contribution in [0.4, 0.5) is 0 Å². The van der Waals surface area contributed by atoms with Crippen molar-refractivity contribution < 1.29 is 28.8 Å². The van der Waals surface area contributed by atoms with E-state index in [9.17, 15) is 28.8 Å². The minimum absolute atomic E-state index is 0.0319. The van der Waals surface area contributed by atoms with E-state index in [1.807, 2.05) is 25.1 Å². The molecule has 0 saturated carbocycles. The standard InChI is InChI=1S/C26H38N6O6/c1-2-3-5-10-22(34)31-19-11-12-21(33)27-13-14-28-23(35)16-29-26(38)20(15-18-8-6-4-7-9-18)32-24(36)17-30-25(19)37/h4,6-9,19-20H,2-3,5,10-17H2,1H3,(H,27,33)(H,28,35)(H,29,38)(H,30,37)(H,31,34)(H,32,36)/t19-,20+/m0/s1. The third kappa shape index (κ3) is 11.8. The molecule has 0 spiro atoms. The van der Waals surface area contributed by atoms with Crippen LogP contribution in [0.3, 0.4) is 0 Å². The molecule has 1 aromatic carbocycles. The van der Waals surface area contributed by atoms with E-state index in [-0.39, 0.29) is 57.1 Å². The molecule has 208 valence electrons. The lowest BCUT2D eigenvalue weighted by molar-refractivity contribution is -0.132. The number of rotatable bonds is 7. The predicted molar refractivity (Wildman–Crippen MR) is 139 cm³/mol. The van der Waals surface area contributed by atoms with Gasteiger partial charge < -0.3 is 31.9 Å². The average molecular weight is 531 g/mol. The molecule has 1 aliphatic heterocycles. The van der Waals surface area contributed by atoms with E-state index in [0.29, 0.717) is 6.42 Å². The van der Waals surface area contributed by atoms with Crippen molar-refractivity contribution in [2.24, 2.45) is 0 Å².